The summed E-state index contributed by atoms with van der Waals surface area (Å²) in [5, 5.41) is 11.0. The lowest BCUT2D eigenvalue weighted by atomic mass is 10.1. The van der Waals surface area contributed by atoms with Crippen LogP contribution in [0.4, 0.5) is 5.82 Å². The molecular formula is C18H18N4O2S. The molecule has 1 fully saturated rings. The first-order chi connectivity index (χ1) is 12.2. The van der Waals surface area contributed by atoms with E-state index in [0.717, 1.165) is 54.3 Å². The zero-order chi connectivity index (χ0) is 17.2. The number of nitrogens with zero attached hydrogens (tertiary/aromatic N) is 4. The Morgan fingerprint density at radius 2 is 1.84 bits per heavy atom. The van der Waals surface area contributed by atoms with E-state index in [-0.39, 0.29) is 0 Å². The van der Waals surface area contributed by atoms with E-state index in [1.54, 1.807) is 29.8 Å². The van der Waals surface area contributed by atoms with Crippen LogP contribution >= 0.6 is 11.3 Å². The molecule has 0 bridgehead atoms. The molecule has 7 heteroatoms. The third-order valence-electron chi connectivity index (χ3n) is 4.50. The molecule has 0 radical (unpaired) electrons. The van der Waals surface area contributed by atoms with E-state index in [0.29, 0.717) is 5.56 Å². The monoisotopic (exact) mass is 354 g/mol. The number of hydrogen-bond donors (Lipinski definition) is 1. The molecule has 128 valence electrons. The van der Waals surface area contributed by atoms with E-state index in [1.807, 2.05) is 18.2 Å². The van der Waals surface area contributed by atoms with Gasteiger partial charge in [-0.3, -0.25) is 4.90 Å². The number of hydrogen-bond acceptors (Lipinski definition) is 6. The SMILES string of the molecule is O=C(O)c1ccc(CN2CCN(c3ncnc4ccsc34)CC2)cc1. The minimum atomic E-state index is -0.884. The summed E-state index contributed by atoms with van der Waals surface area (Å²) in [4.78, 5) is 24.4. The van der Waals surface area contributed by atoms with Crippen LogP contribution < -0.4 is 4.90 Å². The molecule has 6 nitrogen and oxygen atoms in total. The van der Waals surface area contributed by atoms with Crippen molar-refractivity contribution in [1.29, 1.82) is 0 Å². The number of carbonyl (C=O) groups is 1. The number of rotatable bonds is 4. The van der Waals surface area contributed by atoms with Gasteiger partial charge in [-0.15, -0.1) is 11.3 Å². The number of aromatic nitrogens is 2. The predicted molar refractivity (Wildman–Crippen MR) is 98.3 cm³/mol. The average Bonchev–Trinajstić information content (AvgIpc) is 3.12. The molecule has 2 aromatic heterocycles. The lowest BCUT2D eigenvalue weighted by molar-refractivity contribution is 0.0697. The van der Waals surface area contributed by atoms with Gasteiger partial charge in [0.15, 0.2) is 0 Å². The van der Waals surface area contributed by atoms with Crippen LogP contribution in [0.3, 0.4) is 0 Å². The van der Waals surface area contributed by atoms with Crippen molar-refractivity contribution in [1.82, 2.24) is 14.9 Å². The standard InChI is InChI=1S/C18H18N4O2S/c23-18(24)14-3-1-13(2-4-14)11-21-6-8-22(9-7-21)17-16-15(5-10-25-16)19-12-20-17/h1-5,10,12H,6-9,11H2,(H,23,24). The third-order valence-corrected chi connectivity index (χ3v) is 5.40. The summed E-state index contributed by atoms with van der Waals surface area (Å²) in [6.45, 7) is 4.61. The van der Waals surface area contributed by atoms with Crippen LogP contribution in [-0.2, 0) is 6.54 Å². The second-order valence-corrected chi connectivity index (χ2v) is 7.01. The van der Waals surface area contributed by atoms with E-state index < -0.39 is 5.97 Å². The van der Waals surface area contributed by atoms with Gasteiger partial charge >= 0.3 is 5.97 Å². The van der Waals surface area contributed by atoms with Gasteiger partial charge < -0.3 is 10.0 Å². The van der Waals surface area contributed by atoms with Crippen molar-refractivity contribution in [2.75, 3.05) is 31.1 Å². The van der Waals surface area contributed by atoms with Gasteiger partial charge in [0.1, 0.15) is 12.1 Å². The minimum absolute atomic E-state index is 0.331. The molecule has 1 aliphatic heterocycles. The molecule has 25 heavy (non-hydrogen) atoms. The summed E-state index contributed by atoms with van der Waals surface area (Å²) in [5.41, 5.74) is 2.48. The lowest BCUT2D eigenvalue weighted by Crippen LogP contribution is -2.46. The van der Waals surface area contributed by atoms with Gasteiger partial charge in [-0.25, -0.2) is 14.8 Å². The van der Waals surface area contributed by atoms with Crippen LogP contribution in [-0.4, -0.2) is 52.1 Å². The summed E-state index contributed by atoms with van der Waals surface area (Å²) < 4.78 is 1.15. The normalized spacial score (nSPS) is 15.6. The molecule has 1 aromatic carbocycles. The zero-order valence-corrected chi connectivity index (χ0v) is 14.4. The highest BCUT2D eigenvalue weighted by molar-refractivity contribution is 7.17. The fourth-order valence-electron chi connectivity index (χ4n) is 3.13. The second-order valence-electron chi connectivity index (χ2n) is 6.10. The molecule has 1 N–H and O–H groups in total. The number of carboxylic acids is 1. The van der Waals surface area contributed by atoms with Crippen molar-refractivity contribution in [3.63, 3.8) is 0 Å². The fourth-order valence-corrected chi connectivity index (χ4v) is 3.99. The van der Waals surface area contributed by atoms with Crippen LogP contribution in [0, 0.1) is 0 Å². The lowest BCUT2D eigenvalue weighted by Gasteiger charge is -2.35. The van der Waals surface area contributed by atoms with Crippen LogP contribution in [0.5, 0.6) is 0 Å². The maximum atomic E-state index is 10.9. The van der Waals surface area contributed by atoms with Crippen LogP contribution in [0.15, 0.2) is 42.0 Å². The Labute approximate surface area is 149 Å². The third kappa shape index (κ3) is 3.33. The molecule has 0 unspecified atom stereocenters. The Bertz CT molecular complexity index is 885. The van der Waals surface area contributed by atoms with Gasteiger partial charge in [-0.05, 0) is 29.1 Å². The smallest absolute Gasteiger partial charge is 0.335 e. The first kappa shape index (κ1) is 16.0. The van der Waals surface area contributed by atoms with E-state index >= 15 is 0 Å². The Hall–Kier alpha value is -2.51. The molecule has 4 rings (SSSR count). The largest absolute Gasteiger partial charge is 0.478 e. The summed E-state index contributed by atoms with van der Waals surface area (Å²) in [5.74, 6) is 0.148. The molecule has 3 heterocycles. The van der Waals surface area contributed by atoms with E-state index in [4.69, 9.17) is 5.11 Å². The van der Waals surface area contributed by atoms with Crippen molar-refractivity contribution in [2.24, 2.45) is 0 Å². The van der Waals surface area contributed by atoms with E-state index in [2.05, 4.69) is 25.1 Å². The highest BCUT2D eigenvalue weighted by Crippen LogP contribution is 2.28. The Morgan fingerprint density at radius 1 is 1.08 bits per heavy atom. The quantitative estimate of drug-likeness (QED) is 0.777. The average molecular weight is 354 g/mol. The van der Waals surface area contributed by atoms with Crippen molar-refractivity contribution >= 4 is 33.3 Å². The maximum absolute atomic E-state index is 10.9. The Balaban J connectivity index is 1.40. The summed E-state index contributed by atoms with van der Waals surface area (Å²) in [7, 11) is 0. The summed E-state index contributed by atoms with van der Waals surface area (Å²) >= 11 is 1.69. The molecule has 0 spiro atoms. The van der Waals surface area contributed by atoms with Crippen molar-refractivity contribution < 1.29 is 9.90 Å². The fraction of sp³-hybridized carbons (Fsp3) is 0.278. The highest BCUT2D eigenvalue weighted by Gasteiger charge is 2.20. The number of fused-ring (bicyclic) bond motifs is 1. The maximum Gasteiger partial charge on any atom is 0.335 e. The molecule has 0 amide bonds. The molecule has 0 atom stereocenters. The van der Waals surface area contributed by atoms with Crippen molar-refractivity contribution in [3.05, 3.63) is 53.2 Å². The van der Waals surface area contributed by atoms with E-state index in [1.165, 1.54) is 0 Å². The molecule has 1 aliphatic rings. The number of thiophene rings is 1. The topological polar surface area (TPSA) is 69.6 Å². The van der Waals surface area contributed by atoms with Crippen molar-refractivity contribution in [2.45, 2.75) is 6.54 Å². The van der Waals surface area contributed by atoms with Gasteiger partial charge in [-0.2, -0.15) is 0 Å². The predicted octanol–water partition coefficient (Wildman–Crippen LogP) is 2.71. The Morgan fingerprint density at radius 3 is 2.56 bits per heavy atom. The zero-order valence-electron chi connectivity index (χ0n) is 13.6. The van der Waals surface area contributed by atoms with Crippen LogP contribution in [0.25, 0.3) is 10.2 Å². The molecule has 0 aliphatic carbocycles. The van der Waals surface area contributed by atoms with Crippen LogP contribution in [0.2, 0.25) is 0 Å². The van der Waals surface area contributed by atoms with Gasteiger partial charge in [0.05, 0.1) is 15.8 Å². The summed E-state index contributed by atoms with van der Waals surface area (Å²) in [6.07, 6.45) is 1.64. The van der Waals surface area contributed by atoms with Gasteiger partial charge in [0.2, 0.25) is 0 Å². The van der Waals surface area contributed by atoms with Gasteiger partial charge in [0, 0.05) is 32.7 Å². The number of benzene rings is 1. The summed E-state index contributed by atoms with van der Waals surface area (Å²) in [6, 6.07) is 9.16. The number of anilines is 1. The molecule has 3 aromatic rings. The number of aromatic carboxylic acids is 1. The number of piperazine rings is 1. The number of carboxylic acid groups (broad SMARTS) is 1. The molecular weight excluding hydrogens is 336 g/mol. The van der Waals surface area contributed by atoms with Gasteiger partial charge in [-0.1, -0.05) is 12.1 Å². The highest BCUT2D eigenvalue weighted by atomic mass is 32.1. The first-order valence-electron chi connectivity index (χ1n) is 8.18. The second kappa shape index (κ2) is 6.78. The molecule has 0 saturated carbocycles. The van der Waals surface area contributed by atoms with E-state index in [9.17, 15) is 4.79 Å². The van der Waals surface area contributed by atoms with Crippen molar-refractivity contribution in [3.8, 4) is 0 Å². The molecule has 1 saturated heterocycles. The van der Waals surface area contributed by atoms with Gasteiger partial charge in [0.25, 0.3) is 0 Å². The minimum Gasteiger partial charge on any atom is -0.478 e. The van der Waals surface area contributed by atoms with Crippen LogP contribution in [0.1, 0.15) is 15.9 Å². The Kier molecular flexibility index (Phi) is 4.33. The first-order valence-corrected chi connectivity index (χ1v) is 9.06.